The standard InChI is InChI=1S/C12H17ClN2/c1-9-4-3-5-11(13)12(9)15-7-6-14-10(2)8-15/h3-5,10,14H,6-8H2,1-2H3. The van der Waals surface area contributed by atoms with Crippen molar-refractivity contribution in [2.75, 3.05) is 24.5 Å². The molecule has 15 heavy (non-hydrogen) atoms. The van der Waals surface area contributed by atoms with Crippen molar-refractivity contribution in [1.82, 2.24) is 5.32 Å². The fraction of sp³-hybridized carbons (Fsp3) is 0.500. The van der Waals surface area contributed by atoms with Gasteiger partial charge < -0.3 is 10.2 Å². The Kier molecular flexibility index (Phi) is 3.17. The number of aryl methyl sites for hydroxylation is 1. The van der Waals surface area contributed by atoms with Crippen LogP contribution >= 0.6 is 11.6 Å². The van der Waals surface area contributed by atoms with Crippen molar-refractivity contribution in [1.29, 1.82) is 0 Å². The van der Waals surface area contributed by atoms with Crippen molar-refractivity contribution in [3.63, 3.8) is 0 Å². The molecule has 1 unspecified atom stereocenters. The quantitative estimate of drug-likeness (QED) is 0.789. The molecule has 1 aliphatic rings. The van der Waals surface area contributed by atoms with Gasteiger partial charge >= 0.3 is 0 Å². The first-order valence-corrected chi connectivity index (χ1v) is 5.79. The molecule has 0 saturated carbocycles. The van der Waals surface area contributed by atoms with E-state index in [0.29, 0.717) is 6.04 Å². The lowest BCUT2D eigenvalue weighted by Gasteiger charge is -2.35. The molecule has 0 spiro atoms. The summed E-state index contributed by atoms with van der Waals surface area (Å²) in [6.07, 6.45) is 0. The van der Waals surface area contributed by atoms with E-state index in [1.165, 1.54) is 11.3 Å². The minimum atomic E-state index is 0.537. The van der Waals surface area contributed by atoms with Crippen LogP contribution in [0.4, 0.5) is 5.69 Å². The number of halogens is 1. The molecule has 0 radical (unpaired) electrons. The van der Waals surface area contributed by atoms with Crippen molar-refractivity contribution < 1.29 is 0 Å². The van der Waals surface area contributed by atoms with Gasteiger partial charge in [-0.25, -0.2) is 0 Å². The summed E-state index contributed by atoms with van der Waals surface area (Å²) in [5.41, 5.74) is 2.46. The lowest BCUT2D eigenvalue weighted by Crippen LogP contribution is -2.49. The van der Waals surface area contributed by atoms with Crippen LogP contribution < -0.4 is 10.2 Å². The molecule has 1 fully saturated rings. The summed E-state index contributed by atoms with van der Waals surface area (Å²) in [5.74, 6) is 0. The third-order valence-corrected chi connectivity index (χ3v) is 3.18. The second-order valence-electron chi connectivity index (χ2n) is 4.21. The van der Waals surface area contributed by atoms with Crippen LogP contribution in [0.5, 0.6) is 0 Å². The lowest BCUT2D eigenvalue weighted by molar-refractivity contribution is 0.484. The van der Waals surface area contributed by atoms with Gasteiger partial charge in [0.2, 0.25) is 0 Å². The van der Waals surface area contributed by atoms with E-state index < -0.39 is 0 Å². The van der Waals surface area contributed by atoms with E-state index in [-0.39, 0.29) is 0 Å². The summed E-state index contributed by atoms with van der Waals surface area (Å²) in [6.45, 7) is 7.43. The minimum absolute atomic E-state index is 0.537. The zero-order valence-electron chi connectivity index (χ0n) is 9.26. The van der Waals surface area contributed by atoms with Crippen molar-refractivity contribution in [2.24, 2.45) is 0 Å². The number of hydrogen-bond acceptors (Lipinski definition) is 2. The predicted molar refractivity (Wildman–Crippen MR) is 65.9 cm³/mol. The summed E-state index contributed by atoms with van der Waals surface area (Å²) >= 11 is 6.25. The summed E-state index contributed by atoms with van der Waals surface area (Å²) in [7, 11) is 0. The van der Waals surface area contributed by atoms with E-state index in [4.69, 9.17) is 11.6 Å². The van der Waals surface area contributed by atoms with Gasteiger partial charge in [-0.15, -0.1) is 0 Å². The van der Waals surface area contributed by atoms with Gasteiger partial charge in [-0.05, 0) is 25.5 Å². The Labute approximate surface area is 96.2 Å². The molecule has 1 aromatic rings. The van der Waals surface area contributed by atoms with Crippen LogP contribution in [-0.4, -0.2) is 25.7 Å². The highest BCUT2D eigenvalue weighted by molar-refractivity contribution is 6.33. The van der Waals surface area contributed by atoms with Crippen LogP contribution in [0.25, 0.3) is 0 Å². The van der Waals surface area contributed by atoms with Gasteiger partial charge in [-0.1, -0.05) is 23.7 Å². The molecule has 0 aromatic heterocycles. The normalized spacial score (nSPS) is 21.8. The lowest BCUT2D eigenvalue weighted by atomic mass is 10.1. The third-order valence-electron chi connectivity index (χ3n) is 2.87. The Balaban J connectivity index is 2.28. The summed E-state index contributed by atoms with van der Waals surface area (Å²) in [4.78, 5) is 2.37. The van der Waals surface area contributed by atoms with E-state index in [2.05, 4.69) is 30.1 Å². The highest BCUT2D eigenvalue weighted by Gasteiger charge is 2.18. The predicted octanol–water partition coefficient (Wildman–Crippen LogP) is 2.45. The molecular weight excluding hydrogens is 208 g/mol. The zero-order valence-corrected chi connectivity index (χ0v) is 10.0. The molecule has 0 amide bonds. The molecule has 1 aliphatic heterocycles. The molecule has 1 atom stereocenters. The number of nitrogens with zero attached hydrogens (tertiary/aromatic N) is 1. The van der Waals surface area contributed by atoms with Gasteiger partial charge in [0, 0.05) is 25.7 Å². The Bertz CT molecular complexity index is 331. The smallest absolute Gasteiger partial charge is 0.0642 e. The average molecular weight is 225 g/mol. The molecule has 2 rings (SSSR count). The number of nitrogens with one attached hydrogen (secondary N) is 1. The van der Waals surface area contributed by atoms with E-state index >= 15 is 0 Å². The van der Waals surface area contributed by atoms with Gasteiger partial charge in [0.25, 0.3) is 0 Å². The van der Waals surface area contributed by atoms with E-state index in [9.17, 15) is 0 Å². The van der Waals surface area contributed by atoms with Crippen LogP contribution in [-0.2, 0) is 0 Å². The van der Waals surface area contributed by atoms with Gasteiger partial charge in [0.1, 0.15) is 0 Å². The van der Waals surface area contributed by atoms with Gasteiger partial charge in [0.05, 0.1) is 10.7 Å². The molecule has 3 heteroatoms. The Morgan fingerprint density at radius 1 is 1.47 bits per heavy atom. The Hall–Kier alpha value is -0.730. The van der Waals surface area contributed by atoms with Crippen molar-refractivity contribution in [2.45, 2.75) is 19.9 Å². The Morgan fingerprint density at radius 2 is 2.27 bits per heavy atom. The molecule has 0 bridgehead atoms. The third kappa shape index (κ3) is 2.27. The van der Waals surface area contributed by atoms with Crippen LogP contribution in [0.15, 0.2) is 18.2 Å². The first-order valence-electron chi connectivity index (χ1n) is 5.42. The van der Waals surface area contributed by atoms with Crippen LogP contribution in [0.3, 0.4) is 0 Å². The van der Waals surface area contributed by atoms with Crippen molar-refractivity contribution in [3.8, 4) is 0 Å². The van der Waals surface area contributed by atoms with Gasteiger partial charge in [-0.2, -0.15) is 0 Å². The second-order valence-corrected chi connectivity index (χ2v) is 4.61. The first kappa shape index (κ1) is 10.8. The topological polar surface area (TPSA) is 15.3 Å². The molecule has 1 saturated heterocycles. The largest absolute Gasteiger partial charge is 0.367 e. The van der Waals surface area contributed by atoms with Crippen LogP contribution in [0.2, 0.25) is 5.02 Å². The molecule has 1 N–H and O–H groups in total. The molecule has 0 aliphatic carbocycles. The average Bonchev–Trinajstić information content (AvgIpc) is 2.17. The molecule has 1 aromatic carbocycles. The summed E-state index contributed by atoms with van der Waals surface area (Å²) in [6, 6.07) is 6.63. The maximum atomic E-state index is 6.25. The van der Waals surface area contributed by atoms with E-state index in [1.807, 2.05) is 12.1 Å². The van der Waals surface area contributed by atoms with Crippen LogP contribution in [0.1, 0.15) is 12.5 Å². The summed E-state index contributed by atoms with van der Waals surface area (Å²) in [5, 5.41) is 4.30. The fourth-order valence-electron chi connectivity index (χ4n) is 2.16. The summed E-state index contributed by atoms with van der Waals surface area (Å²) < 4.78 is 0. The van der Waals surface area contributed by atoms with Crippen molar-refractivity contribution >= 4 is 17.3 Å². The number of rotatable bonds is 1. The highest BCUT2D eigenvalue weighted by Crippen LogP contribution is 2.29. The molecular formula is C12H17ClN2. The molecule has 82 valence electrons. The molecule has 2 nitrogen and oxygen atoms in total. The number of hydrogen-bond donors (Lipinski definition) is 1. The number of benzene rings is 1. The maximum Gasteiger partial charge on any atom is 0.0642 e. The second kappa shape index (κ2) is 4.42. The van der Waals surface area contributed by atoms with Gasteiger partial charge in [0.15, 0.2) is 0 Å². The monoisotopic (exact) mass is 224 g/mol. The highest BCUT2D eigenvalue weighted by atomic mass is 35.5. The maximum absolute atomic E-state index is 6.25. The van der Waals surface area contributed by atoms with Crippen molar-refractivity contribution in [3.05, 3.63) is 28.8 Å². The molecule has 1 heterocycles. The fourth-order valence-corrected chi connectivity index (χ4v) is 2.50. The first-order chi connectivity index (χ1) is 7.18. The van der Waals surface area contributed by atoms with E-state index in [1.54, 1.807) is 0 Å². The number of anilines is 1. The van der Waals surface area contributed by atoms with Crippen LogP contribution in [0, 0.1) is 6.92 Å². The van der Waals surface area contributed by atoms with E-state index in [0.717, 1.165) is 24.7 Å². The zero-order chi connectivity index (χ0) is 10.8. The van der Waals surface area contributed by atoms with Gasteiger partial charge in [-0.3, -0.25) is 0 Å². The number of piperazine rings is 1. The SMILES string of the molecule is Cc1cccc(Cl)c1N1CCNC(C)C1. The number of para-hydroxylation sites is 1. The Morgan fingerprint density at radius 3 is 2.93 bits per heavy atom. The minimum Gasteiger partial charge on any atom is -0.367 e.